The number of nitrogens with zero attached hydrogens (tertiary/aromatic N) is 1. The zero-order chi connectivity index (χ0) is 28.8. The summed E-state index contributed by atoms with van der Waals surface area (Å²) in [5.74, 6) is 1.51. The van der Waals surface area contributed by atoms with Gasteiger partial charge in [0.1, 0.15) is 5.75 Å². The Kier molecular flexibility index (Phi) is 17.8. The molecule has 0 saturated carbocycles. The molecular weight excluding hydrogens is 506 g/mol. The third-order valence-corrected chi connectivity index (χ3v) is 8.41. The van der Waals surface area contributed by atoms with Crippen LogP contribution in [-0.2, 0) is 15.9 Å². The van der Waals surface area contributed by atoms with Crippen LogP contribution >= 0.6 is 0 Å². The number of unbranched alkanes of at least 4 members (excludes halogenated alkanes) is 14. The SMILES string of the molecule is CCCCCCCCCCOc1ccc(-c2ccc(CCC3OCC(CCCCCCCCCC)CO3)cn2)cc1. The predicted molar refractivity (Wildman–Crippen MR) is 173 cm³/mol. The van der Waals surface area contributed by atoms with Crippen molar-refractivity contribution in [1.82, 2.24) is 4.98 Å². The standard InChI is InChI=1S/C37H59NO3/c1-3-5-7-9-11-13-15-17-19-33-30-40-37(41-31-33)27-21-32-20-26-36(38-29-32)34-22-24-35(25-23-34)39-28-18-16-14-12-10-8-6-4-2/h20,22-26,29,33,37H,3-19,21,27-28,30-31H2,1-2H3. The lowest BCUT2D eigenvalue weighted by Crippen LogP contribution is -2.32. The maximum Gasteiger partial charge on any atom is 0.157 e. The third-order valence-electron chi connectivity index (χ3n) is 8.41. The Morgan fingerprint density at radius 1 is 0.659 bits per heavy atom. The van der Waals surface area contributed by atoms with Crippen LogP contribution in [0.4, 0.5) is 0 Å². The van der Waals surface area contributed by atoms with E-state index in [2.05, 4.69) is 50.2 Å². The normalized spacial score (nSPS) is 17.1. The van der Waals surface area contributed by atoms with Crippen molar-refractivity contribution in [2.75, 3.05) is 19.8 Å². The molecule has 0 bridgehead atoms. The van der Waals surface area contributed by atoms with Gasteiger partial charge in [-0.15, -0.1) is 0 Å². The lowest BCUT2D eigenvalue weighted by Gasteiger charge is -2.29. The maximum atomic E-state index is 6.05. The first-order valence-corrected chi connectivity index (χ1v) is 17.2. The van der Waals surface area contributed by atoms with Crippen molar-refractivity contribution in [3.8, 4) is 17.0 Å². The summed E-state index contributed by atoms with van der Waals surface area (Å²) in [4.78, 5) is 4.72. The highest BCUT2D eigenvalue weighted by atomic mass is 16.7. The van der Waals surface area contributed by atoms with Crippen molar-refractivity contribution >= 4 is 0 Å². The molecule has 1 aliphatic rings. The van der Waals surface area contributed by atoms with E-state index in [0.717, 1.165) is 56.1 Å². The van der Waals surface area contributed by atoms with E-state index in [-0.39, 0.29) is 6.29 Å². The number of benzene rings is 1. The van der Waals surface area contributed by atoms with Crippen LogP contribution in [-0.4, -0.2) is 31.1 Å². The number of pyridine rings is 1. The fourth-order valence-electron chi connectivity index (χ4n) is 5.66. The van der Waals surface area contributed by atoms with Crippen LogP contribution in [0.1, 0.15) is 135 Å². The van der Waals surface area contributed by atoms with Gasteiger partial charge in [0.05, 0.1) is 25.5 Å². The lowest BCUT2D eigenvalue weighted by molar-refractivity contribution is -0.203. The minimum Gasteiger partial charge on any atom is -0.494 e. The fraction of sp³-hybridized carbons (Fsp3) is 0.703. The number of hydrogen-bond donors (Lipinski definition) is 0. The summed E-state index contributed by atoms with van der Waals surface area (Å²) in [7, 11) is 0. The minimum absolute atomic E-state index is 0.0807. The van der Waals surface area contributed by atoms with E-state index in [1.54, 1.807) is 0 Å². The minimum atomic E-state index is -0.0807. The summed E-state index contributed by atoms with van der Waals surface area (Å²) in [6, 6.07) is 12.7. The number of ether oxygens (including phenoxy) is 3. The molecule has 0 spiro atoms. The topological polar surface area (TPSA) is 40.6 Å². The van der Waals surface area contributed by atoms with Gasteiger partial charge in [-0.2, -0.15) is 0 Å². The Hall–Kier alpha value is -1.91. The second kappa shape index (κ2) is 21.7. The molecule has 0 amide bonds. The van der Waals surface area contributed by atoms with Gasteiger partial charge >= 0.3 is 0 Å². The largest absolute Gasteiger partial charge is 0.494 e. The van der Waals surface area contributed by atoms with Gasteiger partial charge in [-0.05, 0) is 55.2 Å². The van der Waals surface area contributed by atoms with E-state index in [0.29, 0.717) is 5.92 Å². The lowest BCUT2D eigenvalue weighted by atomic mass is 10.0. The van der Waals surface area contributed by atoms with Gasteiger partial charge in [0.2, 0.25) is 0 Å². The van der Waals surface area contributed by atoms with E-state index in [1.165, 1.54) is 108 Å². The van der Waals surface area contributed by atoms with Gasteiger partial charge in [-0.25, -0.2) is 0 Å². The summed E-state index contributed by atoms with van der Waals surface area (Å²) < 4.78 is 18.1. The molecular formula is C37H59NO3. The molecule has 0 aliphatic carbocycles. The van der Waals surface area contributed by atoms with Crippen molar-refractivity contribution in [3.05, 3.63) is 48.2 Å². The summed E-state index contributed by atoms with van der Waals surface area (Å²) in [5.41, 5.74) is 3.35. The molecule has 0 unspecified atom stereocenters. The first kappa shape index (κ1) is 33.6. The van der Waals surface area contributed by atoms with Crippen LogP contribution < -0.4 is 4.74 Å². The van der Waals surface area contributed by atoms with Crippen LogP contribution in [0.15, 0.2) is 42.6 Å². The Bertz CT molecular complexity index is 874. The van der Waals surface area contributed by atoms with Gasteiger partial charge < -0.3 is 14.2 Å². The highest BCUT2D eigenvalue weighted by Crippen LogP contribution is 2.23. The number of aryl methyl sites for hydroxylation is 1. The van der Waals surface area contributed by atoms with Crippen LogP contribution in [0, 0.1) is 5.92 Å². The van der Waals surface area contributed by atoms with E-state index in [9.17, 15) is 0 Å². The molecule has 41 heavy (non-hydrogen) atoms. The summed E-state index contributed by atoms with van der Waals surface area (Å²) in [6.45, 7) is 7.04. The molecule has 4 nitrogen and oxygen atoms in total. The van der Waals surface area contributed by atoms with Crippen LogP contribution in [0.3, 0.4) is 0 Å². The number of aromatic nitrogens is 1. The summed E-state index contributed by atoms with van der Waals surface area (Å²) in [5, 5.41) is 0. The van der Waals surface area contributed by atoms with Crippen molar-refractivity contribution < 1.29 is 14.2 Å². The molecule has 1 aliphatic heterocycles. The van der Waals surface area contributed by atoms with Crippen molar-refractivity contribution in [3.63, 3.8) is 0 Å². The zero-order valence-electron chi connectivity index (χ0n) is 26.4. The molecule has 4 heteroatoms. The zero-order valence-corrected chi connectivity index (χ0v) is 26.4. The quantitative estimate of drug-likeness (QED) is 0.126. The van der Waals surface area contributed by atoms with Crippen molar-refractivity contribution in [2.45, 2.75) is 142 Å². The van der Waals surface area contributed by atoms with Gasteiger partial charge in [0, 0.05) is 24.1 Å². The van der Waals surface area contributed by atoms with Gasteiger partial charge in [-0.3, -0.25) is 4.98 Å². The average molecular weight is 566 g/mol. The van der Waals surface area contributed by atoms with Gasteiger partial charge in [0.15, 0.2) is 6.29 Å². The van der Waals surface area contributed by atoms with Gasteiger partial charge in [-0.1, -0.05) is 116 Å². The number of rotatable bonds is 23. The highest BCUT2D eigenvalue weighted by molar-refractivity contribution is 5.60. The summed E-state index contributed by atoms with van der Waals surface area (Å²) in [6.07, 6.45) is 26.5. The smallest absolute Gasteiger partial charge is 0.157 e. The molecule has 1 fully saturated rings. The first-order valence-electron chi connectivity index (χ1n) is 17.2. The molecule has 3 rings (SSSR count). The first-order chi connectivity index (χ1) is 20.3. The Labute approximate surface area is 252 Å². The van der Waals surface area contributed by atoms with E-state index < -0.39 is 0 Å². The Morgan fingerprint density at radius 2 is 1.24 bits per heavy atom. The van der Waals surface area contributed by atoms with E-state index in [1.807, 2.05) is 6.20 Å². The molecule has 1 saturated heterocycles. The molecule has 2 aromatic rings. The molecule has 230 valence electrons. The number of hydrogen-bond acceptors (Lipinski definition) is 4. The average Bonchev–Trinajstić information content (AvgIpc) is 3.02. The third kappa shape index (κ3) is 14.7. The fourth-order valence-corrected chi connectivity index (χ4v) is 5.66. The monoisotopic (exact) mass is 565 g/mol. The molecule has 0 radical (unpaired) electrons. The van der Waals surface area contributed by atoms with Crippen LogP contribution in [0.2, 0.25) is 0 Å². The van der Waals surface area contributed by atoms with Crippen molar-refractivity contribution in [2.24, 2.45) is 5.92 Å². The predicted octanol–water partition coefficient (Wildman–Crippen LogP) is 10.7. The molecule has 2 heterocycles. The van der Waals surface area contributed by atoms with E-state index >= 15 is 0 Å². The molecule has 0 atom stereocenters. The highest BCUT2D eigenvalue weighted by Gasteiger charge is 2.21. The van der Waals surface area contributed by atoms with E-state index in [4.69, 9.17) is 19.2 Å². The Morgan fingerprint density at radius 3 is 1.83 bits per heavy atom. The van der Waals surface area contributed by atoms with Crippen LogP contribution in [0.5, 0.6) is 5.75 Å². The Balaban J connectivity index is 1.24. The van der Waals surface area contributed by atoms with Gasteiger partial charge in [0.25, 0.3) is 0 Å². The summed E-state index contributed by atoms with van der Waals surface area (Å²) >= 11 is 0. The molecule has 1 aromatic heterocycles. The second-order valence-electron chi connectivity index (χ2n) is 12.2. The van der Waals surface area contributed by atoms with Crippen molar-refractivity contribution in [1.29, 1.82) is 0 Å². The van der Waals surface area contributed by atoms with Crippen LogP contribution in [0.25, 0.3) is 11.3 Å². The molecule has 1 aromatic carbocycles. The maximum absolute atomic E-state index is 6.05. The second-order valence-corrected chi connectivity index (χ2v) is 12.2. The molecule has 0 N–H and O–H groups in total.